The number of hydrogen-bond donors (Lipinski definition) is 1. The average Bonchev–Trinajstić information content (AvgIpc) is 2.74. The van der Waals surface area contributed by atoms with E-state index in [2.05, 4.69) is 12.2 Å². The van der Waals surface area contributed by atoms with Gasteiger partial charge >= 0.3 is 0 Å². The van der Waals surface area contributed by atoms with E-state index in [0.29, 0.717) is 0 Å². The van der Waals surface area contributed by atoms with Crippen LogP contribution in [0.25, 0.3) is 0 Å². The standard InChI is InChI=1S/C13H21NO/c1-11-5-2-3-6-12(11)9-14-10-13-7-4-8-15-13/h4,7-8,11-12,14H,2-3,5-6,9-10H2,1H3. The van der Waals surface area contributed by atoms with Crippen molar-refractivity contribution in [1.29, 1.82) is 0 Å². The van der Waals surface area contributed by atoms with Crippen molar-refractivity contribution in [2.45, 2.75) is 39.2 Å². The van der Waals surface area contributed by atoms with E-state index in [-0.39, 0.29) is 0 Å². The van der Waals surface area contributed by atoms with E-state index < -0.39 is 0 Å². The van der Waals surface area contributed by atoms with Gasteiger partial charge in [-0.3, -0.25) is 0 Å². The Kier molecular flexibility index (Phi) is 3.84. The van der Waals surface area contributed by atoms with Crippen molar-refractivity contribution < 1.29 is 4.42 Å². The normalized spacial score (nSPS) is 26.7. The molecule has 1 N–H and O–H groups in total. The van der Waals surface area contributed by atoms with Crippen LogP contribution in [0.3, 0.4) is 0 Å². The fourth-order valence-electron chi connectivity index (χ4n) is 2.49. The molecule has 1 aromatic heterocycles. The molecule has 0 radical (unpaired) electrons. The van der Waals surface area contributed by atoms with E-state index in [1.54, 1.807) is 6.26 Å². The molecule has 1 heterocycles. The number of hydrogen-bond acceptors (Lipinski definition) is 2. The molecule has 0 aromatic carbocycles. The lowest BCUT2D eigenvalue weighted by Gasteiger charge is -2.28. The Balaban J connectivity index is 1.68. The Labute approximate surface area is 92.1 Å². The first-order chi connectivity index (χ1) is 7.36. The van der Waals surface area contributed by atoms with Gasteiger partial charge in [-0.05, 0) is 36.9 Å². The molecule has 2 rings (SSSR count). The molecule has 1 aromatic rings. The predicted octanol–water partition coefficient (Wildman–Crippen LogP) is 3.20. The van der Waals surface area contributed by atoms with Gasteiger partial charge in [-0.2, -0.15) is 0 Å². The molecule has 2 nitrogen and oxygen atoms in total. The fraction of sp³-hybridized carbons (Fsp3) is 0.692. The molecule has 2 atom stereocenters. The zero-order valence-electron chi connectivity index (χ0n) is 9.54. The van der Waals surface area contributed by atoms with Gasteiger partial charge in [-0.15, -0.1) is 0 Å². The maximum absolute atomic E-state index is 5.29. The summed E-state index contributed by atoms with van der Waals surface area (Å²) in [6, 6.07) is 3.97. The molecule has 0 aliphatic heterocycles. The third kappa shape index (κ3) is 3.10. The maximum Gasteiger partial charge on any atom is 0.117 e. The van der Waals surface area contributed by atoms with Crippen molar-refractivity contribution in [3.8, 4) is 0 Å². The molecular formula is C13H21NO. The maximum atomic E-state index is 5.29. The van der Waals surface area contributed by atoms with Crippen molar-refractivity contribution in [3.05, 3.63) is 24.2 Å². The molecule has 1 aliphatic carbocycles. The van der Waals surface area contributed by atoms with Gasteiger partial charge in [0.15, 0.2) is 0 Å². The molecule has 1 aliphatic rings. The van der Waals surface area contributed by atoms with Crippen molar-refractivity contribution in [2.24, 2.45) is 11.8 Å². The van der Waals surface area contributed by atoms with Gasteiger partial charge in [0, 0.05) is 0 Å². The first-order valence-corrected chi connectivity index (χ1v) is 6.09. The lowest BCUT2D eigenvalue weighted by atomic mass is 9.80. The van der Waals surface area contributed by atoms with Crippen molar-refractivity contribution in [1.82, 2.24) is 5.32 Å². The lowest BCUT2D eigenvalue weighted by molar-refractivity contribution is 0.246. The van der Waals surface area contributed by atoms with Gasteiger partial charge in [0.05, 0.1) is 12.8 Å². The van der Waals surface area contributed by atoms with Gasteiger partial charge in [0.25, 0.3) is 0 Å². The third-order valence-electron chi connectivity index (χ3n) is 3.57. The van der Waals surface area contributed by atoms with Crippen molar-refractivity contribution >= 4 is 0 Å². The summed E-state index contributed by atoms with van der Waals surface area (Å²) in [5.74, 6) is 2.80. The summed E-state index contributed by atoms with van der Waals surface area (Å²) in [5, 5.41) is 3.49. The highest BCUT2D eigenvalue weighted by Gasteiger charge is 2.20. The second-order valence-corrected chi connectivity index (χ2v) is 4.73. The van der Waals surface area contributed by atoms with Crippen LogP contribution in [0.4, 0.5) is 0 Å². The Morgan fingerprint density at radius 1 is 1.40 bits per heavy atom. The molecule has 1 fully saturated rings. The van der Waals surface area contributed by atoms with Gasteiger partial charge < -0.3 is 9.73 Å². The topological polar surface area (TPSA) is 25.2 Å². The molecule has 0 bridgehead atoms. The van der Waals surface area contributed by atoms with Crippen LogP contribution in [0.5, 0.6) is 0 Å². The van der Waals surface area contributed by atoms with E-state index in [0.717, 1.165) is 30.7 Å². The van der Waals surface area contributed by atoms with Gasteiger partial charge in [0.2, 0.25) is 0 Å². The molecule has 0 amide bonds. The highest BCUT2D eigenvalue weighted by Crippen LogP contribution is 2.28. The molecule has 2 heteroatoms. The van der Waals surface area contributed by atoms with Gasteiger partial charge in [0.1, 0.15) is 5.76 Å². The fourth-order valence-corrected chi connectivity index (χ4v) is 2.49. The zero-order chi connectivity index (χ0) is 10.5. The summed E-state index contributed by atoms with van der Waals surface area (Å²) in [7, 11) is 0. The van der Waals surface area contributed by atoms with Gasteiger partial charge in [-0.1, -0.05) is 26.2 Å². The van der Waals surface area contributed by atoms with Crippen LogP contribution in [0.15, 0.2) is 22.8 Å². The second kappa shape index (κ2) is 5.36. The minimum absolute atomic E-state index is 0.869. The zero-order valence-corrected chi connectivity index (χ0v) is 9.54. The van der Waals surface area contributed by atoms with Crippen LogP contribution < -0.4 is 5.32 Å². The third-order valence-corrected chi connectivity index (χ3v) is 3.57. The van der Waals surface area contributed by atoms with Crippen LogP contribution in [0, 0.1) is 11.8 Å². The average molecular weight is 207 g/mol. The molecule has 0 saturated heterocycles. The van der Waals surface area contributed by atoms with Crippen molar-refractivity contribution in [2.75, 3.05) is 6.54 Å². The van der Waals surface area contributed by atoms with Gasteiger partial charge in [-0.25, -0.2) is 0 Å². The molecular weight excluding hydrogens is 186 g/mol. The SMILES string of the molecule is CC1CCCCC1CNCc1ccco1. The van der Waals surface area contributed by atoms with E-state index >= 15 is 0 Å². The summed E-state index contributed by atoms with van der Waals surface area (Å²) in [6.07, 6.45) is 7.38. The second-order valence-electron chi connectivity index (χ2n) is 4.73. The number of nitrogens with one attached hydrogen (secondary N) is 1. The first kappa shape index (κ1) is 10.7. The first-order valence-electron chi connectivity index (χ1n) is 6.09. The van der Waals surface area contributed by atoms with E-state index in [1.165, 1.54) is 25.7 Å². The molecule has 15 heavy (non-hydrogen) atoms. The smallest absolute Gasteiger partial charge is 0.117 e. The molecule has 0 spiro atoms. The Morgan fingerprint density at radius 2 is 2.27 bits per heavy atom. The highest BCUT2D eigenvalue weighted by molar-refractivity contribution is 4.97. The number of rotatable bonds is 4. The largest absolute Gasteiger partial charge is 0.468 e. The summed E-state index contributed by atoms with van der Waals surface area (Å²) in [5.41, 5.74) is 0. The van der Waals surface area contributed by atoms with E-state index in [1.807, 2.05) is 12.1 Å². The minimum atomic E-state index is 0.869. The van der Waals surface area contributed by atoms with E-state index in [9.17, 15) is 0 Å². The van der Waals surface area contributed by atoms with Crippen LogP contribution in [0.1, 0.15) is 38.4 Å². The Hall–Kier alpha value is -0.760. The summed E-state index contributed by atoms with van der Waals surface area (Å²) in [4.78, 5) is 0. The quantitative estimate of drug-likeness (QED) is 0.820. The molecule has 2 unspecified atom stereocenters. The van der Waals surface area contributed by atoms with Crippen LogP contribution in [-0.2, 0) is 6.54 Å². The van der Waals surface area contributed by atoms with Crippen LogP contribution in [0.2, 0.25) is 0 Å². The van der Waals surface area contributed by atoms with E-state index in [4.69, 9.17) is 4.42 Å². The monoisotopic (exact) mass is 207 g/mol. The molecule has 84 valence electrons. The Bertz CT molecular complexity index is 268. The number of furan rings is 1. The molecule has 1 saturated carbocycles. The minimum Gasteiger partial charge on any atom is -0.468 e. The Morgan fingerprint density at radius 3 is 3.00 bits per heavy atom. The van der Waals surface area contributed by atoms with Crippen LogP contribution >= 0.6 is 0 Å². The summed E-state index contributed by atoms with van der Waals surface area (Å²) < 4.78 is 5.29. The predicted molar refractivity (Wildman–Crippen MR) is 61.5 cm³/mol. The van der Waals surface area contributed by atoms with Crippen LogP contribution in [-0.4, -0.2) is 6.54 Å². The summed E-state index contributed by atoms with van der Waals surface area (Å²) in [6.45, 7) is 4.40. The highest BCUT2D eigenvalue weighted by atomic mass is 16.3. The lowest BCUT2D eigenvalue weighted by Crippen LogP contribution is -2.28. The summed E-state index contributed by atoms with van der Waals surface area (Å²) >= 11 is 0. The van der Waals surface area contributed by atoms with Crippen molar-refractivity contribution in [3.63, 3.8) is 0 Å².